The Kier molecular flexibility index (Phi) is 6.34. The number of hydrogen-bond donors (Lipinski definition) is 2. The number of aryl methyl sites for hydroxylation is 2. The van der Waals surface area contributed by atoms with E-state index in [0.29, 0.717) is 24.0 Å². The van der Waals surface area contributed by atoms with E-state index in [4.69, 9.17) is 23.8 Å². The first-order valence-corrected chi connectivity index (χ1v) is 10.7. The molecule has 6 nitrogen and oxygen atoms in total. The van der Waals surface area contributed by atoms with E-state index >= 15 is 0 Å². The van der Waals surface area contributed by atoms with Crippen molar-refractivity contribution in [1.29, 1.82) is 0 Å². The van der Waals surface area contributed by atoms with Gasteiger partial charge < -0.3 is 10.6 Å². The maximum absolute atomic E-state index is 6.27. The lowest BCUT2D eigenvalue weighted by Gasteiger charge is -2.08. The molecule has 0 spiro atoms. The van der Waals surface area contributed by atoms with Crippen LogP contribution in [0.4, 0.5) is 11.5 Å². The van der Waals surface area contributed by atoms with Crippen LogP contribution in [0.15, 0.2) is 67.0 Å². The quantitative estimate of drug-likeness (QED) is 0.392. The molecule has 2 N–H and O–H groups in total. The number of halogens is 1. The lowest BCUT2D eigenvalue weighted by Crippen LogP contribution is -2.19. The zero-order valence-corrected chi connectivity index (χ0v) is 18.9. The Labute approximate surface area is 191 Å². The normalized spacial score (nSPS) is 10.8. The molecule has 0 fully saturated rings. The number of nitrogens with zero attached hydrogens (tertiary/aromatic N) is 4. The first-order chi connectivity index (χ1) is 15.0. The summed E-state index contributed by atoms with van der Waals surface area (Å²) >= 11 is 11.7. The molecule has 0 atom stereocenters. The van der Waals surface area contributed by atoms with Gasteiger partial charge in [0.05, 0.1) is 25.0 Å². The fraction of sp³-hybridized carbons (Fsp3) is 0.174. The van der Waals surface area contributed by atoms with Gasteiger partial charge in [0.2, 0.25) is 0 Å². The minimum absolute atomic E-state index is 0.456. The Balaban J connectivity index is 1.37. The van der Waals surface area contributed by atoms with E-state index in [1.165, 1.54) is 11.1 Å². The third-order valence-corrected chi connectivity index (χ3v) is 5.56. The highest BCUT2D eigenvalue weighted by Gasteiger charge is 2.09. The lowest BCUT2D eigenvalue weighted by atomic mass is 10.1. The number of rotatable bonds is 6. The SMILES string of the molecule is Cc1ccccc1Cn1cc(NC(=S)Nc2cc(C)n(Cc3ccccc3Cl)n2)cn1. The molecule has 2 aromatic heterocycles. The van der Waals surface area contributed by atoms with Gasteiger partial charge in [-0.1, -0.05) is 54.1 Å². The molecule has 8 heteroatoms. The molecule has 31 heavy (non-hydrogen) atoms. The molecule has 0 aliphatic rings. The van der Waals surface area contributed by atoms with Crippen LogP contribution in [-0.2, 0) is 13.1 Å². The fourth-order valence-electron chi connectivity index (χ4n) is 3.27. The van der Waals surface area contributed by atoms with Crippen molar-refractivity contribution in [2.75, 3.05) is 10.6 Å². The summed E-state index contributed by atoms with van der Waals surface area (Å²) in [5.74, 6) is 0.675. The highest BCUT2D eigenvalue weighted by molar-refractivity contribution is 7.80. The summed E-state index contributed by atoms with van der Waals surface area (Å²) < 4.78 is 3.78. The number of hydrogen-bond acceptors (Lipinski definition) is 3. The summed E-state index contributed by atoms with van der Waals surface area (Å²) in [6.07, 6.45) is 3.69. The van der Waals surface area contributed by atoms with Crippen molar-refractivity contribution in [3.63, 3.8) is 0 Å². The fourth-order valence-corrected chi connectivity index (χ4v) is 3.69. The van der Waals surface area contributed by atoms with Gasteiger partial charge in [-0.3, -0.25) is 9.36 Å². The van der Waals surface area contributed by atoms with Gasteiger partial charge >= 0.3 is 0 Å². The topological polar surface area (TPSA) is 59.7 Å². The summed E-state index contributed by atoms with van der Waals surface area (Å²) in [4.78, 5) is 0. The van der Waals surface area contributed by atoms with Crippen molar-refractivity contribution in [2.45, 2.75) is 26.9 Å². The number of nitrogens with one attached hydrogen (secondary N) is 2. The Bertz CT molecular complexity index is 1210. The number of aromatic nitrogens is 4. The molecule has 158 valence electrons. The summed E-state index contributed by atoms with van der Waals surface area (Å²) in [5.41, 5.74) is 5.32. The highest BCUT2D eigenvalue weighted by atomic mass is 35.5. The maximum atomic E-state index is 6.27. The van der Waals surface area contributed by atoms with Crippen molar-refractivity contribution < 1.29 is 0 Å². The van der Waals surface area contributed by atoms with Crippen LogP contribution in [0.1, 0.15) is 22.4 Å². The van der Waals surface area contributed by atoms with Crippen molar-refractivity contribution in [1.82, 2.24) is 19.6 Å². The standard InChI is InChI=1S/C23H23ClN6S/c1-16-7-3-4-8-18(16)13-29-15-20(12-25-29)26-23(31)27-22-11-17(2)30(28-22)14-19-9-5-6-10-21(19)24/h3-12,15H,13-14H2,1-2H3,(H2,26,27,28,31). The zero-order chi connectivity index (χ0) is 21.8. The minimum Gasteiger partial charge on any atom is -0.330 e. The van der Waals surface area contributed by atoms with E-state index in [0.717, 1.165) is 22.0 Å². The highest BCUT2D eigenvalue weighted by Crippen LogP contribution is 2.18. The predicted molar refractivity (Wildman–Crippen MR) is 130 cm³/mol. The predicted octanol–water partition coefficient (Wildman–Crippen LogP) is 5.26. The molecule has 0 radical (unpaired) electrons. The van der Waals surface area contributed by atoms with E-state index in [-0.39, 0.29) is 0 Å². The summed E-state index contributed by atoms with van der Waals surface area (Å²) in [6, 6.07) is 18.0. The second kappa shape index (κ2) is 9.32. The van der Waals surface area contributed by atoms with Gasteiger partial charge in [0.1, 0.15) is 0 Å². The van der Waals surface area contributed by atoms with Gasteiger partial charge in [-0.05, 0) is 48.8 Å². The van der Waals surface area contributed by atoms with Crippen LogP contribution < -0.4 is 10.6 Å². The van der Waals surface area contributed by atoms with E-state index in [9.17, 15) is 0 Å². The number of benzene rings is 2. The van der Waals surface area contributed by atoms with Crippen LogP contribution in [0, 0.1) is 13.8 Å². The second-order valence-electron chi connectivity index (χ2n) is 7.35. The van der Waals surface area contributed by atoms with Crippen LogP contribution >= 0.6 is 23.8 Å². The average Bonchev–Trinajstić information content (AvgIpc) is 3.31. The molecule has 0 aliphatic heterocycles. The van der Waals surface area contributed by atoms with Crippen molar-refractivity contribution >= 4 is 40.4 Å². The van der Waals surface area contributed by atoms with E-state index in [1.54, 1.807) is 6.20 Å². The van der Waals surface area contributed by atoms with Crippen molar-refractivity contribution in [2.24, 2.45) is 0 Å². The van der Waals surface area contributed by atoms with Gasteiger partial charge in [0.25, 0.3) is 0 Å². The molecule has 0 unspecified atom stereocenters. The lowest BCUT2D eigenvalue weighted by molar-refractivity contribution is 0.668. The number of anilines is 2. The first-order valence-electron chi connectivity index (χ1n) is 9.91. The first kappa shape index (κ1) is 21.1. The van der Waals surface area contributed by atoms with Crippen LogP contribution in [0.25, 0.3) is 0 Å². The Morgan fingerprint density at radius 3 is 2.52 bits per heavy atom. The van der Waals surface area contributed by atoms with E-state index < -0.39 is 0 Å². The maximum Gasteiger partial charge on any atom is 0.176 e. The molecule has 0 bridgehead atoms. The minimum atomic E-state index is 0.456. The van der Waals surface area contributed by atoms with Crippen molar-refractivity contribution in [3.8, 4) is 0 Å². The Hall–Kier alpha value is -3.16. The summed E-state index contributed by atoms with van der Waals surface area (Å²) in [7, 11) is 0. The van der Waals surface area contributed by atoms with Gasteiger partial charge in [-0.25, -0.2) is 0 Å². The molecule has 0 aliphatic carbocycles. The summed E-state index contributed by atoms with van der Waals surface area (Å²) in [5, 5.41) is 16.5. The van der Waals surface area contributed by atoms with Gasteiger partial charge in [0.15, 0.2) is 10.9 Å². The van der Waals surface area contributed by atoms with Crippen LogP contribution in [0.5, 0.6) is 0 Å². The Morgan fingerprint density at radius 1 is 1.00 bits per heavy atom. The molecule has 4 rings (SSSR count). The second-order valence-corrected chi connectivity index (χ2v) is 8.17. The zero-order valence-electron chi connectivity index (χ0n) is 17.3. The molecular formula is C23H23ClN6S. The molecule has 0 saturated heterocycles. The molecule has 0 saturated carbocycles. The molecule has 0 amide bonds. The third kappa shape index (κ3) is 5.31. The van der Waals surface area contributed by atoms with Crippen LogP contribution in [0.3, 0.4) is 0 Å². The number of thiocarbonyl (C=S) groups is 1. The monoisotopic (exact) mass is 450 g/mol. The smallest absolute Gasteiger partial charge is 0.176 e. The van der Waals surface area contributed by atoms with Crippen LogP contribution in [-0.4, -0.2) is 24.7 Å². The van der Waals surface area contributed by atoms with E-state index in [2.05, 4.69) is 39.9 Å². The Morgan fingerprint density at radius 2 is 1.74 bits per heavy atom. The van der Waals surface area contributed by atoms with Crippen molar-refractivity contribution in [3.05, 3.63) is 94.4 Å². The molecule has 2 heterocycles. The molecular weight excluding hydrogens is 428 g/mol. The molecule has 4 aromatic rings. The van der Waals surface area contributed by atoms with Gasteiger partial charge in [0, 0.05) is 23.0 Å². The third-order valence-electron chi connectivity index (χ3n) is 4.99. The van der Waals surface area contributed by atoms with Gasteiger partial charge in [-0.15, -0.1) is 0 Å². The van der Waals surface area contributed by atoms with E-state index in [1.807, 2.05) is 64.9 Å². The average molecular weight is 451 g/mol. The van der Waals surface area contributed by atoms with Crippen LogP contribution in [0.2, 0.25) is 5.02 Å². The largest absolute Gasteiger partial charge is 0.330 e. The molecule has 2 aromatic carbocycles. The summed E-state index contributed by atoms with van der Waals surface area (Å²) in [6.45, 7) is 5.41. The van der Waals surface area contributed by atoms with Gasteiger partial charge in [-0.2, -0.15) is 10.2 Å².